The summed E-state index contributed by atoms with van der Waals surface area (Å²) in [5.74, 6) is -0.367. The van der Waals surface area contributed by atoms with E-state index in [2.05, 4.69) is 5.10 Å². The van der Waals surface area contributed by atoms with Crippen molar-refractivity contribution in [3.8, 4) is 6.07 Å². The first-order chi connectivity index (χ1) is 9.43. The van der Waals surface area contributed by atoms with E-state index in [1.807, 2.05) is 6.07 Å². The Kier molecular flexibility index (Phi) is 3.70. The summed E-state index contributed by atoms with van der Waals surface area (Å²) in [4.78, 5) is 10.0. The molecule has 1 aromatic heterocycles. The van der Waals surface area contributed by atoms with Gasteiger partial charge in [0.25, 0.3) is 0 Å². The van der Waals surface area contributed by atoms with Gasteiger partial charge in [-0.1, -0.05) is 11.6 Å². The number of hydrogen-bond acceptors (Lipinski definition) is 5. The van der Waals surface area contributed by atoms with Gasteiger partial charge in [0.2, 0.25) is 0 Å². The summed E-state index contributed by atoms with van der Waals surface area (Å²) in [6.45, 7) is 0. The van der Waals surface area contributed by atoms with Crippen molar-refractivity contribution in [3.05, 3.63) is 56.2 Å². The molecule has 2 rings (SSSR count). The molecule has 0 aliphatic carbocycles. The third-order valence-electron chi connectivity index (χ3n) is 2.79. The van der Waals surface area contributed by atoms with Crippen molar-refractivity contribution in [3.63, 3.8) is 0 Å². The first kappa shape index (κ1) is 14.0. The van der Waals surface area contributed by atoms with E-state index < -0.39 is 11.0 Å². The van der Waals surface area contributed by atoms with Crippen LogP contribution in [0.1, 0.15) is 22.9 Å². The first-order valence-corrected chi connectivity index (χ1v) is 5.87. The number of nitro groups is 1. The monoisotopic (exact) mass is 292 g/mol. The average Bonchev–Trinajstić information content (AvgIpc) is 2.81. The summed E-state index contributed by atoms with van der Waals surface area (Å²) in [5.41, 5.74) is 0.845. The molecule has 1 N–H and O–H groups in total. The van der Waals surface area contributed by atoms with Crippen molar-refractivity contribution >= 4 is 17.4 Å². The van der Waals surface area contributed by atoms with Crippen molar-refractivity contribution < 1.29 is 10.0 Å². The Labute approximate surface area is 118 Å². The number of aromatic nitrogens is 2. The second kappa shape index (κ2) is 5.28. The molecule has 0 radical (unpaired) electrons. The number of aryl methyl sites for hydroxylation is 1. The zero-order chi connectivity index (χ0) is 14.9. The molecular weight excluding hydrogens is 284 g/mol. The predicted octanol–water partition coefficient (Wildman–Crippen LogP) is 1.94. The molecule has 1 heterocycles. The molecule has 1 unspecified atom stereocenters. The van der Waals surface area contributed by atoms with Crippen LogP contribution in [0, 0.1) is 21.4 Å². The summed E-state index contributed by atoms with van der Waals surface area (Å²) in [6.07, 6.45) is -1.21. The molecule has 1 atom stereocenters. The standard InChI is InChI=1S/C12H9ClN4O3/c1-16-10(5-11(15-16)17(19)20)12(18)8-4-7(6-14)2-3-9(8)13/h2-5,12,18H,1H3. The van der Waals surface area contributed by atoms with E-state index in [0.29, 0.717) is 11.1 Å². The lowest BCUT2D eigenvalue weighted by Gasteiger charge is -2.11. The van der Waals surface area contributed by atoms with Gasteiger partial charge in [-0.2, -0.15) is 9.94 Å². The van der Waals surface area contributed by atoms with Gasteiger partial charge < -0.3 is 15.2 Å². The van der Waals surface area contributed by atoms with Gasteiger partial charge >= 0.3 is 5.82 Å². The second-order valence-corrected chi connectivity index (χ2v) is 4.47. The summed E-state index contributed by atoms with van der Waals surface area (Å²) < 4.78 is 1.21. The van der Waals surface area contributed by atoms with Crippen molar-refractivity contribution in [1.82, 2.24) is 9.78 Å². The van der Waals surface area contributed by atoms with Crippen LogP contribution in [0.3, 0.4) is 0 Å². The third kappa shape index (κ3) is 2.47. The van der Waals surface area contributed by atoms with Gasteiger partial charge in [0, 0.05) is 10.6 Å². The van der Waals surface area contributed by atoms with Crippen molar-refractivity contribution in [2.45, 2.75) is 6.10 Å². The Bertz CT molecular complexity index is 720. The molecule has 0 aliphatic heterocycles. The zero-order valence-corrected chi connectivity index (χ0v) is 11.1. The fourth-order valence-corrected chi connectivity index (χ4v) is 2.01. The molecular formula is C12H9ClN4O3. The molecule has 0 saturated heterocycles. The molecule has 2 aromatic rings. The minimum atomic E-state index is -1.21. The quantitative estimate of drug-likeness (QED) is 0.687. The van der Waals surface area contributed by atoms with Crippen LogP contribution >= 0.6 is 11.6 Å². The Morgan fingerprint density at radius 3 is 2.80 bits per heavy atom. The Morgan fingerprint density at radius 2 is 2.25 bits per heavy atom. The van der Waals surface area contributed by atoms with Crippen LogP contribution < -0.4 is 0 Å². The number of halogens is 1. The number of rotatable bonds is 3. The van der Waals surface area contributed by atoms with E-state index in [9.17, 15) is 15.2 Å². The van der Waals surface area contributed by atoms with E-state index in [1.165, 1.54) is 36.0 Å². The van der Waals surface area contributed by atoms with E-state index in [0.717, 1.165) is 0 Å². The summed E-state index contributed by atoms with van der Waals surface area (Å²) in [7, 11) is 1.48. The smallest absolute Gasteiger partial charge is 0.382 e. The molecule has 0 aliphatic rings. The Balaban J connectivity index is 2.48. The maximum Gasteiger partial charge on any atom is 0.390 e. The Morgan fingerprint density at radius 1 is 1.55 bits per heavy atom. The van der Waals surface area contributed by atoms with Gasteiger partial charge in [-0.25, -0.2) is 0 Å². The Hall–Kier alpha value is -2.43. The fourth-order valence-electron chi connectivity index (χ4n) is 1.79. The summed E-state index contributed by atoms with van der Waals surface area (Å²) >= 11 is 5.99. The van der Waals surface area contributed by atoms with Crippen LogP contribution in [-0.2, 0) is 7.05 Å². The molecule has 0 fully saturated rings. The number of nitrogens with zero attached hydrogens (tertiary/aromatic N) is 4. The van der Waals surface area contributed by atoms with Gasteiger partial charge in [-0.05, 0) is 23.1 Å². The van der Waals surface area contributed by atoms with Crippen molar-refractivity contribution in [2.75, 3.05) is 0 Å². The van der Waals surface area contributed by atoms with Crippen LogP contribution in [0.4, 0.5) is 5.82 Å². The van der Waals surface area contributed by atoms with Crippen LogP contribution in [0.15, 0.2) is 24.3 Å². The first-order valence-electron chi connectivity index (χ1n) is 5.50. The highest BCUT2D eigenvalue weighted by Crippen LogP contribution is 2.30. The van der Waals surface area contributed by atoms with Crippen LogP contribution in [0.2, 0.25) is 5.02 Å². The van der Waals surface area contributed by atoms with E-state index in [-0.39, 0.29) is 16.5 Å². The lowest BCUT2D eigenvalue weighted by Crippen LogP contribution is -2.07. The molecule has 8 heteroatoms. The highest BCUT2D eigenvalue weighted by molar-refractivity contribution is 6.31. The maximum atomic E-state index is 10.7. The van der Waals surface area contributed by atoms with Crippen LogP contribution in [-0.4, -0.2) is 19.8 Å². The molecule has 0 amide bonds. The lowest BCUT2D eigenvalue weighted by atomic mass is 10.0. The maximum absolute atomic E-state index is 10.7. The molecule has 7 nitrogen and oxygen atoms in total. The summed E-state index contributed by atoms with van der Waals surface area (Å²) in [5, 5.41) is 33.8. The lowest BCUT2D eigenvalue weighted by molar-refractivity contribution is -0.389. The number of hydrogen-bond donors (Lipinski definition) is 1. The molecule has 0 bridgehead atoms. The minimum absolute atomic E-state index is 0.216. The van der Waals surface area contributed by atoms with Gasteiger partial charge in [-0.3, -0.25) is 0 Å². The van der Waals surface area contributed by atoms with E-state index >= 15 is 0 Å². The SMILES string of the molecule is Cn1nc([N+](=O)[O-])cc1C(O)c1cc(C#N)ccc1Cl. The number of nitriles is 1. The fraction of sp³-hybridized carbons (Fsp3) is 0.167. The third-order valence-corrected chi connectivity index (χ3v) is 3.13. The normalized spacial score (nSPS) is 11.9. The molecule has 20 heavy (non-hydrogen) atoms. The average molecular weight is 293 g/mol. The zero-order valence-electron chi connectivity index (χ0n) is 10.3. The molecule has 0 spiro atoms. The second-order valence-electron chi connectivity index (χ2n) is 4.06. The van der Waals surface area contributed by atoms with Crippen molar-refractivity contribution in [2.24, 2.45) is 7.05 Å². The number of benzene rings is 1. The van der Waals surface area contributed by atoms with Gasteiger partial charge in [0.15, 0.2) is 0 Å². The van der Waals surface area contributed by atoms with E-state index in [4.69, 9.17) is 16.9 Å². The van der Waals surface area contributed by atoms with Gasteiger partial charge in [0.1, 0.15) is 11.8 Å². The number of aliphatic hydroxyl groups is 1. The predicted molar refractivity (Wildman–Crippen MR) is 70.1 cm³/mol. The highest BCUT2D eigenvalue weighted by atomic mass is 35.5. The highest BCUT2D eigenvalue weighted by Gasteiger charge is 2.24. The minimum Gasteiger partial charge on any atom is -0.382 e. The van der Waals surface area contributed by atoms with Crippen LogP contribution in [0.5, 0.6) is 0 Å². The topological polar surface area (TPSA) is 105 Å². The largest absolute Gasteiger partial charge is 0.390 e. The molecule has 102 valence electrons. The van der Waals surface area contributed by atoms with Crippen LogP contribution in [0.25, 0.3) is 0 Å². The van der Waals surface area contributed by atoms with Crippen molar-refractivity contribution in [1.29, 1.82) is 5.26 Å². The molecule has 1 aromatic carbocycles. The summed E-state index contributed by atoms with van der Waals surface area (Å²) in [6, 6.07) is 7.55. The van der Waals surface area contributed by atoms with E-state index in [1.54, 1.807) is 0 Å². The number of aliphatic hydroxyl groups excluding tert-OH is 1. The molecule has 0 saturated carbocycles. The van der Waals surface area contributed by atoms with Gasteiger partial charge in [0.05, 0.1) is 29.8 Å². The van der Waals surface area contributed by atoms with Gasteiger partial charge in [-0.15, -0.1) is 0 Å².